The molecule has 1 amide bonds. The third kappa shape index (κ3) is 2.54. The zero-order valence-corrected chi connectivity index (χ0v) is 11.6. The number of nitrogens with two attached hydrogens (primary N) is 1. The summed E-state index contributed by atoms with van der Waals surface area (Å²) in [5.74, 6) is 0.288. The van der Waals surface area contributed by atoms with Gasteiger partial charge in [-0.15, -0.1) is 0 Å². The van der Waals surface area contributed by atoms with Crippen molar-refractivity contribution in [2.75, 3.05) is 6.61 Å². The van der Waals surface area contributed by atoms with Gasteiger partial charge >= 0.3 is 0 Å². The standard InChI is InChI=1S/C13H23N3O3/c1-8-6-13(7-8,11(14)16-18)12(17)15-9(2)10-4-3-5-19-10/h8-10,18H,3-7H2,1-2H3,(H2,14,16)(H,15,17). The van der Waals surface area contributed by atoms with E-state index in [0.29, 0.717) is 18.8 Å². The molecule has 0 radical (unpaired) electrons. The second-order valence-corrected chi connectivity index (χ2v) is 5.89. The van der Waals surface area contributed by atoms with Gasteiger partial charge in [-0.25, -0.2) is 0 Å². The highest BCUT2D eigenvalue weighted by molar-refractivity contribution is 6.07. The summed E-state index contributed by atoms with van der Waals surface area (Å²) in [5.41, 5.74) is 4.88. The SMILES string of the molecule is CC1CC(C(=O)NC(C)C2CCCO2)(C(N)=NO)C1. The number of amidine groups is 1. The van der Waals surface area contributed by atoms with Crippen LogP contribution < -0.4 is 11.1 Å². The van der Waals surface area contributed by atoms with Gasteiger partial charge in [0.1, 0.15) is 5.41 Å². The van der Waals surface area contributed by atoms with Gasteiger partial charge in [-0.05, 0) is 38.5 Å². The Morgan fingerprint density at radius 2 is 2.26 bits per heavy atom. The van der Waals surface area contributed by atoms with Gasteiger partial charge in [-0.3, -0.25) is 4.79 Å². The molecule has 2 unspecified atom stereocenters. The van der Waals surface area contributed by atoms with E-state index in [-0.39, 0.29) is 23.9 Å². The van der Waals surface area contributed by atoms with Crippen molar-refractivity contribution in [3.05, 3.63) is 0 Å². The predicted molar refractivity (Wildman–Crippen MR) is 70.8 cm³/mol. The van der Waals surface area contributed by atoms with Crippen LogP contribution in [0.15, 0.2) is 5.16 Å². The largest absolute Gasteiger partial charge is 0.409 e. The van der Waals surface area contributed by atoms with Crippen LogP contribution in [-0.4, -0.2) is 35.7 Å². The Bertz CT molecular complexity index is 371. The molecule has 1 saturated heterocycles. The molecule has 0 aromatic heterocycles. The minimum Gasteiger partial charge on any atom is -0.409 e. The molecule has 6 heteroatoms. The molecule has 0 aromatic rings. The third-order valence-electron chi connectivity index (χ3n) is 4.31. The summed E-state index contributed by atoms with van der Waals surface area (Å²) in [4.78, 5) is 12.4. The first-order valence-corrected chi connectivity index (χ1v) is 6.90. The lowest BCUT2D eigenvalue weighted by Crippen LogP contribution is -2.59. The summed E-state index contributed by atoms with van der Waals surface area (Å²) in [5, 5.41) is 14.9. The van der Waals surface area contributed by atoms with Crippen molar-refractivity contribution in [1.29, 1.82) is 0 Å². The van der Waals surface area contributed by atoms with Gasteiger partial charge in [0.05, 0.1) is 12.1 Å². The van der Waals surface area contributed by atoms with Crippen LogP contribution in [0, 0.1) is 11.3 Å². The van der Waals surface area contributed by atoms with Gasteiger partial charge in [-0.2, -0.15) is 0 Å². The topological polar surface area (TPSA) is 96.9 Å². The molecular formula is C13H23N3O3. The summed E-state index contributed by atoms with van der Waals surface area (Å²) in [6.07, 6.45) is 3.34. The number of amides is 1. The molecule has 108 valence electrons. The number of nitrogens with one attached hydrogen (secondary N) is 1. The molecule has 2 fully saturated rings. The van der Waals surface area contributed by atoms with E-state index in [4.69, 9.17) is 15.7 Å². The second-order valence-electron chi connectivity index (χ2n) is 5.89. The highest BCUT2D eigenvalue weighted by atomic mass is 16.5. The van der Waals surface area contributed by atoms with Crippen molar-refractivity contribution in [3.63, 3.8) is 0 Å². The number of rotatable bonds is 4. The highest BCUT2D eigenvalue weighted by Gasteiger charge is 2.52. The maximum Gasteiger partial charge on any atom is 0.234 e. The van der Waals surface area contributed by atoms with Crippen LogP contribution >= 0.6 is 0 Å². The van der Waals surface area contributed by atoms with Crippen LogP contribution in [0.25, 0.3) is 0 Å². The Morgan fingerprint density at radius 3 is 2.74 bits per heavy atom. The van der Waals surface area contributed by atoms with Crippen molar-refractivity contribution in [3.8, 4) is 0 Å². The number of nitrogens with zero attached hydrogens (tertiary/aromatic N) is 1. The fraction of sp³-hybridized carbons (Fsp3) is 0.846. The number of carbonyl (C=O) groups is 1. The number of carbonyl (C=O) groups excluding carboxylic acids is 1. The Morgan fingerprint density at radius 1 is 1.58 bits per heavy atom. The van der Waals surface area contributed by atoms with Crippen molar-refractivity contribution in [1.82, 2.24) is 5.32 Å². The van der Waals surface area contributed by atoms with Gasteiger partial charge < -0.3 is 21.0 Å². The van der Waals surface area contributed by atoms with Crippen LogP contribution in [0.4, 0.5) is 0 Å². The zero-order valence-electron chi connectivity index (χ0n) is 11.6. The molecule has 19 heavy (non-hydrogen) atoms. The maximum atomic E-state index is 12.4. The first kappa shape index (κ1) is 14.1. The van der Waals surface area contributed by atoms with Gasteiger partial charge in [0.15, 0.2) is 5.84 Å². The number of ether oxygens (including phenoxy) is 1. The minimum absolute atomic E-state index is 0.0163. The van der Waals surface area contributed by atoms with Crippen molar-refractivity contribution in [2.45, 2.75) is 51.7 Å². The van der Waals surface area contributed by atoms with Crippen molar-refractivity contribution >= 4 is 11.7 Å². The first-order valence-electron chi connectivity index (χ1n) is 6.90. The zero-order chi connectivity index (χ0) is 14.0. The van der Waals surface area contributed by atoms with E-state index in [2.05, 4.69) is 17.4 Å². The molecule has 2 rings (SSSR count). The van der Waals surface area contributed by atoms with E-state index in [0.717, 1.165) is 19.4 Å². The Balaban J connectivity index is 2.00. The average Bonchev–Trinajstić information content (AvgIpc) is 2.87. The second kappa shape index (κ2) is 5.36. The van der Waals surface area contributed by atoms with Crippen LogP contribution in [0.2, 0.25) is 0 Å². The van der Waals surface area contributed by atoms with E-state index in [1.165, 1.54) is 0 Å². The molecule has 1 saturated carbocycles. The summed E-state index contributed by atoms with van der Waals surface area (Å²) in [6, 6.07) is -0.0470. The van der Waals surface area contributed by atoms with E-state index >= 15 is 0 Å². The number of oxime groups is 1. The summed E-state index contributed by atoms with van der Waals surface area (Å²) >= 11 is 0. The van der Waals surface area contributed by atoms with Crippen molar-refractivity contribution in [2.24, 2.45) is 22.2 Å². The molecule has 0 bridgehead atoms. The third-order valence-corrected chi connectivity index (χ3v) is 4.31. The number of hydrogen-bond donors (Lipinski definition) is 3. The van der Waals surface area contributed by atoms with Gasteiger partial charge in [0, 0.05) is 6.61 Å². The quantitative estimate of drug-likeness (QED) is 0.305. The molecule has 6 nitrogen and oxygen atoms in total. The molecule has 2 atom stereocenters. The van der Waals surface area contributed by atoms with Crippen LogP contribution in [0.1, 0.15) is 39.5 Å². The first-order chi connectivity index (χ1) is 8.99. The lowest BCUT2D eigenvalue weighted by molar-refractivity contribution is -0.134. The predicted octanol–water partition coefficient (Wildman–Crippen LogP) is 0.833. The monoisotopic (exact) mass is 269 g/mol. The minimum atomic E-state index is -0.832. The molecule has 0 spiro atoms. The molecule has 4 N–H and O–H groups in total. The lowest BCUT2D eigenvalue weighted by Gasteiger charge is -2.44. The lowest BCUT2D eigenvalue weighted by atomic mass is 9.61. The molecule has 1 aliphatic heterocycles. The summed E-state index contributed by atoms with van der Waals surface area (Å²) < 4.78 is 5.56. The Labute approximate surface area is 113 Å². The Hall–Kier alpha value is -1.30. The van der Waals surface area contributed by atoms with E-state index in [1.54, 1.807) is 0 Å². The van der Waals surface area contributed by atoms with E-state index in [9.17, 15) is 4.79 Å². The molecule has 2 aliphatic rings. The van der Waals surface area contributed by atoms with Gasteiger partial charge in [0.25, 0.3) is 0 Å². The fourth-order valence-corrected chi connectivity index (χ4v) is 3.17. The smallest absolute Gasteiger partial charge is 0.234 e. The average molecular weight is 269 g/mol. The van der Waals surface area contributed by atoms with E-state index in [1.807, 2.05) is 6.92 Å². The Kier molecular flexibility index (Phi) is 3.99. The van der Waals surface area contributed by atoms with Crippen molar-refractivity contribution < 1.29 is 14.7 Å². The van der Waals surface area contributed by atoms with E-state index < -0.39 is 5.41 Å². The van der Waals surface area contributed by atoms with Gasteiger partial charge in [-0.1, -0.05) is 12.1 Å². The number of hydrogen-bond acceptors (Lipinski definition) is 4. The highest BCUT2D eigenvalue weighted by Crippen LogP contribution is 2.46. The summed E-state index contributed by atoms with van der Waals surface area (Å²) in [6.45, 7) is 4.75. The molecular weight excluding hydrogens is 246 g/mol. The fourth-order valence-electron chi connectivity index (χ4n) is 3.17. The van der Waals surface area contributed by atoms with Gasteiger partial charge in [0.2, 0.25) is 5.91 Å². The molecule has 1 heterocycles. The van der Waals surface area contributed by atoms with Crippen LogP contribution in [-0.2, 0) is 9.53 Å². The molecule has 0 aromatic carbocycles. The maximum absolute atomic E-state index is 12.4. The van der Waals surface area contributed by atoms with Crippen LogP contribution in [0.5, 0.6) is 0 Å². The normalized spacial score (nSPS) is 36.6. The molecule has 1 aliphatic carbocycles. The van der Waals surface area contributed by atoms with Crippen LogP contribution in [0.3, 0.4) is 0 Å². The summed E-state index contributed by atoms with van der Waals surface area (Å²) in [7, 11) is 0.